The van der Waals surface area contributed by atoms with Gasteiger partial charge in [0, 0.05) is 50.1 Å². The number of aromatic amines is 1. The van der Waals surface area contributed by atoms with Crippen LogP contribution >= 0.6 is 0 Å². The van der Waals surface area contributed by atoms with E-state index >= 15 is 0 Å². The van der Waals surface area contributed by atoms with Gasteiger partial charge in [-0.3, -0.25) is 14.8 Å². The molecule has 8 heteroatoms. The van der Waals surface area contributed by atoms with E-state index < -0.39 is 0 Å². The number of carbonyl (C=O) groups is 1. The summed E-state index contributed by atoms with van der Waals surface area (Å²) in [5, 5.41) is 11.8. The molecule has 1 aliphatic heterocycles. The number of benzene rings is 1. The lowest BCUT2D eigenvalue weighted by Gasteiger charge is -2.32. The summed E-state index contributed by atoms with van der Waals surface area (Å²) in [7, 11) is 2.12. The molecule has 2 aromatic heterocycles. The van der Waals surface area contributed by atoms with Gasteiger partial charge in [-0.25, -0.2) is 4.98 Å². The number of rotatable bonds is 8. The van der Waals surface area contributed by atoms with Crippen LogP contribution in [-0.2, 0) is 4.79 Å². The standard InChI is InChI=1S/C26H32N6O2/c1-18-7-11-21(12-8-18)34-22-13-14-27-25-24(22)26(30-29-25)28-19-5-3-16-32(17-19)23(33)6-4-15-31(2)20-9-10-20/h4,6-8,11-14,19-20H,3,5,9-10,15-17H2,1-2H3,(H2,27,28,29,30)/b6-4+/t19-/m1/s1. The fourth-order valence-corrected chi connectivity index (χ4v) is 4.42. The van der Waals surface area contributed by atoms with Crippen molar-refractivity contribution in [1.29, 1.82) is 0 Å². The van der Waals surface area contributed by atoms with Crippen LogP contribution in [0.1, 0.15) is 31.2 Å². The number of anilines is 1. The molecule has 2 N–H and O–H groups in total. The van der Waals surface area contributed by atoms with E-state index in [1.165, 1.54) is 18.4 Å². The lowest BCUT2D eigenvalue weighted by atomic mass is 10.1. The van der Waals surface area contributed by atoms with Crippen molar-refractivity contribution in [2.75, 3.05) is 32.0 Å². The fourth-order valence-electron chi connectivity index (χ4n) is 4.42. The molecule has 8 nitrogen and oxygen atoms in total. The smallest absolute Gasteiger partial charge is 0.246 e. The van der Waals surface area contributed by atoms with Crippen LogP contribution in [0.25, 0.3) is 11.0 Å². The first kappa shape index (κ1) is 22.4. The summed E-state index contributed by atoms with van der Waals surface area (Å²) in [6, 6.07) is 10.6. The van der Waals surface area contributed by atoms with Crippen molar-refractivity contribution in [1.82, 2.24) is 25.0 Å². The number of nitrogens with one attached hydrogen (secondary N) is 2. The van der Waals surface area contributed by atoms with Crippen molar-refractivity contribution < 1.29 is 9.53 Å². The Morgan fingerprint density at radius 2 is 2.09 bits per heavy atom. The van der Waals surface area contributed by atoms with Crippen LogP contribution in [0.2, 0.25) is 0 Å². The van der Waals surface area contributed by atoms with Gasteiger partial charge in [-0.05, 0) is 51.8 Å². The summed E-state index contributed by atoms with van der Waals surface area (Å²) in [5.41, 5.74) is 1.85. The molecule has 0 bridgehead atoms. The molecule has 1 atom stereocenters. The van der Waals surface area contributed by atoms with Gasteiger partial charge in [0.2, 0.25) is 5.91 Å². The zero-order valence-corrected chi connectivity index (χ0v) is 19.8. The average Bonchev–Trinajstić information content (AvgIpc) is 3.62. The minimum absolute atomic E-state index is 0.0765. The number of hydrogen-bond acceptors (Lipinski definition) is 6. The number of aromatic nitrogens is 3. The number of hydrogen-bond donors (Lipinski definition) is 2. The zero-order chi connectivity index (χ0) is 23.5. The summed E-state index contributed by atoms with van der Waals surface area (Å²) in [6.45, 7) is 4.30. The lowest BCUT2D eigenvalue weighted by molar-refractivity contribution is -0.127. The monoisotopic (exact) mass is 460 g/mol. The minimum Gasteiger partial charge on any atom is -0.456 e. The number of likely N-dealkylation sites (N-methyl/N-ethyl adjacent to an activating group) is 1. The number of pyridine rings is 1. The molecule has 1 aliphatic carbocycles. The Bertz CT molecular complexity index is 1170. The predicted molar refractivity (Wildman–Crippen MR) is 133 cm³/mol. The highest BCUT2D eigenvalue weighted by atomic mass is 16.5. The van der Waals surface area contributed by atoms with Crippen molar-refractivity contribution in [3.05, 3.63) is 54.2 Å². The number of aryl methyl sites for hydroxylation is 1. The molecule has 1 saturated carbocycles. The highest BCUT2D eigenvalue weighted by Crippen LogP contribution is 2.33. The van der Waals surface area contributed by atoms with Crippen LogP contribution in [-0.4, -0.2) is 69.7 Å². The van der Waals surface area contributed by atoms with Crippen molar-refractivity contribution >= 4 is 22.8 Å². The number of ether oxygens (including phenoxy) is 1. The number of piperidine rings is 1. The Labute approximate surface area is 200 Å². The summed E-state index contributed by atoms with van der Waals surface area (Å²) >= 11 is 0. The van der Waals surface area contributed by atoms with Gasteiger partial charge in [0.25, 0.3) is 0 Å². The third-order valence-corrected chi connectivity index (χ3v) is 6.57. The SMILES string of the molecule is Cc1ccc(Oc2ccnc3[nH]nc(N[C@@H]4CCCN(C(=O)/C=C/CN(C)C5CC5)C4)c23)cc1. The van der Waals surface area contributed by atoms with Gasteiger partial charge < -0.3 is 15.0 Å². The molecule has 0 unspecified atom stereocenters. The zero-order valence-electron chi connectivity index (χ0n) is 19.8. The topological polar surface area (TPSA) is 86.4 Å². The molecule has 0 radical (unpaired) electrons. The lowest BCUT2D eigenvalue weighted by Crippen LogP contribution is -2.44. The van der Waals surface area contributed by atoms with E-state index in [0.717, 1.165) is 37.1 Å². The van der Waals surface area contributed by atoms with Gasteiger partial charge in [-0.2, -0.15) is 5.10 Å². The molecule has 5 rings (SSSR count). The second-order valence-corrected chi connectivity index (χ2v) is 9.36. The molecule has 34 heavy (non-hydrogen) atoms. The summed E-state index contributed by atoms with van der Waals surface area (Å²) in [4.78, 5) is 21.4. The maximum atomic E-state index is 12.7. The van der Waals surface area contributed by atoms with Crippen LogP contribution in [0, 0.1) is 6.92 Å². The second-order valence-electron chi connectivity index (χ2n) is 9.36. The number of carbonyl (C=O) groups excluding carboxylic acids is 1. The Morgan fingerprint density at radius 3 is 2.88 bits per heavy atom. The Morgan fingerprint density at radius 1 is 1.26 bits per heavy atom. The van der Waals surface area contributed by atoms with Gasteiger partial charge in [0.05, 0.1) is 0 Å². The van der Waals surface area contributed by atoms with E-state index in [1.807, 2.05) is 48.2 Å². The largest absolute Gasteiger partial charge is 0.456 e. The van der Waals surface area contributed by atoms with Gasteiger partial charge in [0.1, 0.15) is 16.9 Å². The summed E-state index contributed by atoms with van der Waals surface area (Å²) in [6.07, 6.45) is 9.89. The third kappa shape index (κ3) is 5.22. The molecule has 3 aromatic rings. The molecule has 1 amide bonds. The molecule has 2 aliphatic rings. The molecule has 2 fully saturated rings. The maximum absolute atomic E-state index is 12.7. The first-order valence-corrected chi connectivity index (χ1v) is 12.1. The highest BCUT2D eigenvalue weighted by Gasteiger charge is 2.26. The minimum atomic E-state index is 0.0765. The molecular weight excluding hydrogens is 428 g/mol. The number of fused-ring (bicyclic) bond motifs is 1. The van der Waals surface area contributed by atoms with Crippen molar-refractivity contribution in [3.8, 4) is 11.5 Å². The van der Waals surface area contributed by atoms with Crippen molar-refractivity contribution in [2.45, 2.75) is 44.7 Å². The van der Waals surface area contributed by atoms with Crippen LogP contribution in [0.4, 0.5) is 5.82 Å². The quantitative estimate of drug-likeness (QED) is 0.492. The van der Waals surface area contributed by atoms with Crippen LogP contribution < -0.4 is 10.1 Å². The van der Waals surface area contributed by atoms with E-state index in [1.54, 1.807) is 12.3 Å². The van der Waals surface area contributed by atoms with E-state index in [9.17, 15) is 4.79 Å². The van der Waals surface area contributed by atoms with Gasteiger partial charge >= 0.3 is 0 Å². The second kappa shape index (κ2) is 9.85. The summed E-state index contributed by atoms with van der Waals surface area (Å²) in [5.74, 6) is 2.23. The van der Waals surface area contributed by atoms with E-state index in [-0.39, 0.29) is 11.9 Å². The van der Waals surface area contributed by atoms with Gasteiger partial charge in [-0.1, -0.05) is 23.8 Å². The predicted octanol–water partition coefficient (Wildman–Crippen LogP) is 4.11. The third-order valence-electron chi connectivity index (χ3n) is 6.57. The number of H-pyrrole nitrogens is 1. The number of nitrogens with zero attached hydrogens (tertiary/aromatic N) is 4. The van der Waals surface area contributed by atoms with Crippen LogP contribution in [0.15, 0.2) is 48.7 Å². The normalized spacial score (nSPS) is 18.7. The van der Waals surface area contributed by atoms with Crippen molar-refractivity contribution in [2.24, 2.45) is 0 Å². The molecule has 1 saturated heterocycles. The van der Waals surface area contributed by atoms with E-state index in [0.29, 0.717) is 29.8 Å². The van der Waals surface area contributed by atoms with E-state index in [4.69, 9.17) is 4.74 Å². The highest BCUT2D eigenvalue weighted by molar-refractivity contribution is 5.93. The Balaban J connectivity index is 1.25. The molecule has 3 heterocycles. The van der Waals surface area contributed by atoms with Gasteiger partial charge in [-0.15, -0.1) is 0 Å². The number of likely N-dealkylation sites (tertiary alicyclic amines) is 1. The summed E-state index contributed by atoms with van der Waals surface area (Å²) < 4.78 is 6.16. The first-order valence-electron chi connectivity index (χ1n) is 12.1. The Hall–Kier alpha value is -3.39. The first-order chi connectivity index (χ1) is 16.6. The number of amides is 1. The van der Waals surface area contributed by atoms with Crippen LogP contribution in [0.3, 0.4) is 0 Å². The molecule has 178 valence electrons. The van der Waals surface area contributed by atoms with E-state index in [2.05, 4.69) is 32.4 Å². The maximum Gasteiger partial charge on any atom is 0.246 e. The van der Waals surface area contributed by atoms with Crippen LogP contribution in [0.5, 0.6) is 11.5 Å². The molecule has 1 aromatic carbocycles. The van der Waals surface area contributed by atoms with Crippen molar-refractivity contribution in [3.63, 3.8) is 0 Å². The fraction of sp³-hybridized carbons (Fsp3) is 0.423. The Kier molecular flexibility index (Phi) is 6.49. The molecule has 0 spiro atoms. The molecular formula is C26H32N6O2. The van der Waals surface area contributed by atoms with Gasteiger partial charge in [0.15, 0.2) is 11.5 Å². The average molecular weight is 461 g/mol.